The predicted octanol–water partition coefficient (Wildman–Crippen LogP) is 1.13. The highest BCUT2D eigenvalue weighted by Crippen LogP contribution is 2.45. The molecule has 0 bridgehead atoms. The molecule has 6 atom stereocenters. The lowest BCUT2D eigenvalue weighted by Gasteiger charge is -2.40. The molecule has 6 unspecified atom stereocenters. The van der Waals surface area contributed by atoms with Crippen LogP contribution in [0.15, 0.2) is 36.1 Å². The molecule has 1 saturated heterocycles. The normalized spacial score (nSPS) is 29.5. The first-order valence-electron chi connectivity index (χ1n) is 9.87. The topological polar surface area (TPSA) is 158 Å². The molecule has 2 aromatic carbocycles. The third-order valence-corrected chi connectivity index (χ3v) is 5.46. The highest BCUT2D eigenvalue weighted by molar-refractivity contribution is 5.65. The first-order valence-corrected chi connectivity index (χ1v) is 9.87. The van der Waals surface area contributed by atoms with E-state index in [4.69, 9.17) is 18.9 Å². The number of hydrogen-bond acceptors (Lipinski definition) is 10. The van der Waals surface area contributed by atoms with Crippen molar-refractivity contribution in [1.82, 2.24) is 0 Å². The van der Waals surface area contributed by atoms with Gasteiger partial charge in [0.25, 0.3) is 0 Å². The van der Waals surface area contributed by atoms with Gasteiger partial charge in [-0.25, -0.2) is 0 Å². The zero-order valence-corrected chi connectivity index (χ0v) is 17.2. The second-order valence-corrected chi connectivity index (χ2v) is 7.66. The van der Waals surface area contributed by atoms with Crippen molar-refractivity contribution in [2.75, 3.05) is 7.11 Å². The maximum Gasteiger partial charge on any atom is 0.228 e. The quantitative estimate of drug-likeness (QED) is 0.375. The van der Waals surface area contributed by atoms with Gasteiger partial charge >= 0.3 is 0 Å². The molecule has 0 aliphatic carbocycles. The Morgan fingerprint density at radius 2 is 1.69 bits per heavy atom. The minimum Gasteiger partial charge on any atom is -0.508 e. The molecule has 0 aromatic heterocycles. The van der Waals surface area contributed by atoms with Crippen LogP contribution in [-0.2, 0) is 9.47 Å². The number of aliphatic hydroxyl groups is 3. The molecular weight excluding hydrogens is 424 g/mol. The Hall–Kier alpha value is -3.18. The van der Waals surface area contributed by atoms with E-state index in [1.54, 1.807) is 12.1 Å². The molecule has 0 saturated carbocycles. The summed E-state index contributed by atoms with van der Waals surface area (Å²) in [6.07, 6.45) is -5.88. The summed E-state index contributed by atoms with van der Waals surface area (Å²) in [4.78, 5) is 0. The second-order valence-electron chi connectivity index (χ2n) is 7.66. The van der Waals surface area contributed by atoms with Gasteiger partial charge in [0.05, 0.1) is 13.2 Å². The molecule has 2 heterocycles. The zero-order chi connectivity index (χ0) is 23.2. The number of benzene rings is 2. The first kappa shape index (κ1) is 22.0. The third kappa shape index (κ3) is 3.89. The van der Waals surface area contributed by atoms with Crippen molar-refractivity contribution >= 4 is 6.08 Å². The van der Waals surface area contributed by atoms with Gasteiger partial charge in [-0.1, -0.05) is 0 Å². The number of aromatic hydroxyl groups is 3. The SMILES string of the molecule is COc1cc(C2Oc3cc(O)ccc3C=C2OC2OC(C)C(O)C(O)C2O)cc(O)c1O. The van der Waals surface area contributed by atoms with E-state index in [0.717, 1.165) is 0 Å². The molecule has 0 radical (unpaired) electrons. The van der Waals surface area contributed by atoms with E-state index >= 15 is 0 Å². The van der Waals surface area contributed by atoms with Crippen molar-refractivity contribution in [3.8, 4) is 28.7 Å². The predicted molar refractivity (Wildman–Crippen MR) is 109 cm³/mol. The van der Waals surface area contributed by atoms with Crippen LogP contribution < -0.4 is 9.47 Å². The van der Waals surface area contributed by atoms with E-state index in [1.165, 1.54) is 38.3 Å². The number of fused-ring (bicyclic) bond motifs is 1. The highest BCUT2D eigenvalue weighted by Gasteiger charge is 2.44. The number of phenolic OH excluding ortho intramolecular Hbond substituents is 3. The van der Waals surface area contributed by atoms with Crippen molar-refractivity contribution < 1.29 is 49.6 Å². The number of phenols is 3. The van der Waals surface area contributed by atoms with Crippen molar-refractivity contribution in [3.63, 3.8) is 0 Å². The number of hydrogen-bond donors (Lipinski definition) is 6. The van der Waals surface area contributed by atoms with Gasteiger partial charge < -0.3 is 49.6 Å². The minimum atomic E-state index is -1.55. The highest BCUT2D eigenvalue weighted by atomic mass is 16.7. The van der Waals surface area contributed by atoms with E-state index in [9.17, 15) is 30.6 Å². The summed E-state index contributed by atoms with van der Waals surface area (Å²) < 4.78 is 22.5. The number of rotatable bonds is 4. The summed E-state index contributed by atoms with van der Waals surface area (Å²) >= 11 is 0. The molecule has 32 heavy (non-hydrogen) atoms. The fraction of sp³-hybridized carbons (Fsp3) is 0.364. The number of aliphatic hydroxyl groups excluding tert-OH is 3. The Bertz CT molecular complexity index is 1040. The van der Waals surface area contributed by atoms with Crippen LogP contribution in [0, 0.1) is 0 Å². The molecule has 2 aliphatic rings. The maximum absolute atomic E-state index is 10.4. The van der Waals surface area contributed by atoms with E-state index < -0.39 is 48.3 Å². The molecule has 172 valence electrons. The summed E-state index contributed by atoms with van der Waals surface area (Å²) in [7, 11) is 1.32. The van der Waals surface area contributed by atoms with Crippen LogP contribution in [0.2, 0.25) is 0 Å². The summed E-state index contributed by atoms with van der Waals surface area (Å²) in [5, 5.41) is 60.3. The molecule has 4 rings (SSSR count). The van der Waals surface area contributed by atoms with Gasteiger partial charge in [0.1, 0.15) is 35.6 Å². The van der Waals surface area contributed by atoms with E-state index in [1.807, 2.05) is 0 Å². The van der Waals surface area contributed by atoms with Gasteiger partial charge in [0.2, 0.25) is 12.0 Å². The molecule has 10 nitrogen and oxygen atoms in total. The van der Waals surface area contributed by atoms with Gasteiger partial charge in [-0.3, -0.25) is 0 Å². The van der Waals surface area contributed by atoms with Gasteiger partial charge in [-0.2, -0.15) is 0 Å². The Morgan fingerprint density at radius 1 is 0.938 bits per heavy atom. The smallest absolute Gasteiger partial charge is 0.228 e. The number of ether oxygens (including phenoxy) is 4. The van der Waals surface area contributed by atoms with Crippen molar-refractivity contribution in [1.29, 1.82) is 0 Å². The van der Waals surface area contributed by atoms with Crippen LogP contribution >= 0.6 is 0 Å². The summed E-state index contributed by atoms with van der Waals surface area (Å²) in [6, 6.07) is 7.15. The van der Waals surface area contributed by atoms with Crippen LogP contribution in [0.4, 0.5) is 0 Å². The van der Waals surface area contributed by atoms with Gasteiger partial charge in [0.15, 0.2) is 17.6 Å². The molecule has 0 spiro atoms. The number of methoxy groups -OCH3 is 1. The molecule has 0 amide bonds. The van der Waals surface area contributed by atoms with Crippen molar-refractivity contribution in [3.05, 3.63) is 47.2 Å². The largest absolute Gasteiger partial charge is 0.508 e. The zero-order valence-electron chi connectivity index (χ0n) is 17.2. The lowest BCUT2D eigenvalue weighted by molar-refractivity contribution is -0.285. The van der Waals surface area contributed by atoms with E-state index in [2.05, 4.69) is 0 Å². The summed E-state index contributed by atoms with van der Waals surface area (Å²) in [5.41, 5.74) is 0.888. The monoisotopic (exact) mass is 448 g/mol. The van der Waals surface area contributed by atoms with Gasteiger partial charge in [0, 0.05) is 17.2 Å². The van der Waals surface area contributed by atoms with Crippen LogP contribution in [-0.4, -0.2) is 68.5 Å². The molecule has 1 fully saturated rings. The third-order valence-electron chi connectivity index (χ3n) is 5.46. The Labute approximate surface area is 183 Å². The Balaban J connectivity index is 1.74. The minimum absolute atomic E-state index is 0.00854. The average Bonchev–Trinajstić information content (AvgIpc) is 2.77. The van der Waals surface area contributed by atoms with Crippen molar-refractivity contribution in [2.45, 2.75) is 43.7 Å². The lowest BCUT2D eigenvalue weighted by atomic mass is 9.99. The van der Waals surface area contributed by atoms with Crippen LogP contribution in [0.5, 0.6) is 28.7 Å². The molecule has 6 N–H and O–H groups in total. The first-order chi connectivity index (χ1) is 15.2. The Morgan fingerprint density at radius 3 is 2.41 bits per heavy atom. The van der Waals surface area contributed by atoms with Crippen LogP contribution in [0.1, 0.15) is 24.2 Å². The lowest BCUT2D eigenvalue weighted by Crippen LogP contribution is -2.57. The molecule has 2 aliphatic heterocycles. The fourth-order valence-corrected chi connectivity index (χ4v) is 3.65. The summed E-state index contributed by atoms with van der Waals surface area (Å²) in [6.45, 7) is 1.53. The van der Waals surface area contributed by atoms with Crippen molar-refractivity contribution in [2.24, 2.45) is 0 Å². The van der Waals surface area contributed by atoms with Crippen LogP contribution in [0.25, 0.3) is 6.08 Å². The second kappa shape index (κ2) is 8.40. The van der Waals surface area contributed by atoms with Gasteiger partial charge in [-0.15, -0.1) is 0 Å². The molecular formula is C22H24O10. The fourth-order valence-electron chi connectivity index (χ4n) is 3.65. The maximum atomic E-state index is 10.4. The molecule has 10 heteroatoms. The average molecular weight is 448 g/mol. The summed E-state index contributed by atoms with van der Waals surface area (Å²) in [5.74, 6) is -0.467. The van der Waals surface area contributed by atoms with E-state index in [0.29, 0.717) is 16.9 Å². The Kier molecular flexibility index (Phi) is 5.78. The van der Waals surface area contributed by atoms with Gasteiger partial charge in [-0.05, 0) is 37.3 Å². The van der Waals surface area contributed by atoms with Crippen LogP contribution in [0.3, 0.4) is 0 Å². The standard InChI is InChI=1S/C22H24O10/c1-9-17(25)19(27)20(28)22(30-9)32-16-6-10-3-4-12(23)8-14(10)31-21(16)11-5-13(24)18(26)15(7-11)29-2/h3-9,17,19-28H,1-2H3. The molecule has 2 aromatic rings. The van der Waals surface area contributed by atoms with E-state index in [-0.39, 0.29) is 17.3 Å².